The van der Waals surface area contributed by atoms with Crippen LogP contribution in [0, 0.1) is 10.1 Å². The molecule has 1 aromatic rings. The van der Waals surface area contributed by atoms with Gasteiger partial charge in [-0.25, -0.2) is 9.80 Å². The lowest BCUT2D eigenvalue weighted by Crippen LogP contribution is -2.57. The first-order chi connectivity index (χ1) is 20.1. The van der Waals surface area contributed by atoms with E-state index in [1.54, 1.807) is 0 Å². The number of hydrogen-bond donors (Lipinski definition) is 3. The van der Waals surface area contributed by atoms with Crippen LogP contribution in [0.25, 0.3) is 0 Å². The minimum absolute atomic E-state index is 0.0569. The van der Waals surface area contributed by atoms with Gasteiger partial charge in [0.2, 0.25) is 5.91 Å². The number of aliphatic hydroxyl groups is 1. The molecule has 2 unspecified atom stereocenters. The number of likely N-dealkylation sites (tertiary alicyclic amines) is 1. The molecule has 42 heavy (non-hydrogen) atoms. The number of hydrazine groups is 1. The normalized spacial score (nSPS) is 18.8. The third-order valence-corrected chi connectivity index (χ3v) is 7.80. The van der Waals surface area contributed by atoms with Crippen molar-refractivity contribution >= 4 is 41.3 Å². The van der Waals surface area contributed by atoms with Crippen LogP contribution in [0.3, 0.4) is 0 Å². The number of esters is 1. The average molecular weight is 611 g/mol. The Bertz CT molecular complexity index is 1090. The Labute approximate surface area is 248 Å². The maximum atomic E-state index is 12.8. The van der Waals surface area contributed by atoms with Gasteiger partial charge in [0.15, 0.2) is 0 Å². The lowest BCUT2D eigenvalue weighted by atomic mass is 10.2. The molecule has 0 radical (unpaired) electrons. The summed E-state index contributed by atoms with van der Waals surface area (Å²) in [5.41, 5.74) is 0.545. The largest absolute Gasteiger partial charge is 0.464 e. The van der Waals surface area contributed by atoms with E-state index in [9.17, 15) is 34.4 Å². The molecular weight excluding hydrogens is 572 g/mol. The lowest BCUT2D eigenvalue weighted by molar-refractivity contribution is -0.384. The van der Waals surface area contributed by atoms with E-state index in [1.165, 1.54) is 52.9 Å². The predicted octanol–water partition coefficient (Wildman–Crippen LogP) is 0.118. The molecule has 2 aliphatic heterocycles. The zero-order valence-corrected chi connectivity index (χ0v) is 24.4. The molecule has 1 aromatic carbocycles. The molecule has 3 N–H and O–H groups in total. The third kappa shape index (κ3) is 10.7. The lowest BCUT2D eigenvalue weighted by Gasteiger charge is -2.37. The first-order valence-electron chi connectivity index (χ1n) is 13.7. The molecule has 2 aliphatic rings. The van der Waals surface area contributed by atoms with E-state index in [4.69, 9.17) is 9.47 Å². The van der Waals surface area contributed by atoms with Crippen molar-refractivity contribution in [2.24, 2.45) is 0 Å². The van der Waals surface area contributed by atoms with Crippen molar-refractivity contribution in [2.75, 3.05) is 63.9 Å². The Balaban J connectivity index is 1.37. The molecule has 3 rings (SSSR count). The molecule has 0 saturated carbocycles. The second-order valence-electron chi connectivity index (χ2n) is 9.84. The number of thioether (sulfide) groups is 1. The van der Waals surface area contributed by atoms with Gasteiger partial charge in [0, 0.05) is 69.2 Å². The summed E-state index contributed by atoms with van der Waals surface area (Å²) in [5, 5.41) is 30.2. The standard InChI is InChI=1S/C26H38N6O9S/c1-19(33)40-12-11-31(29-9-7-27-8-10-29)25(36)15-28-24(35)6-13-42-18-22-14-23(34)16-30(22)26(37)41-17-20-2-4-21(5-3-20)32(38)39/h2-5,22-23,27,34H,6-18H2,1H3,(H,28,35). The number of β-amino-alcohol motifs (C(OH)–C–C–N with tert-alkyl or cyclic N) is 1. The summed E-state index contributed by atoms with van der Waals surface area (Å²) in [6, 6.07) is 5.43. The summed E-state index contributed by atoms with van der Waals surface area (Å²) < 4.78 is 10.3. The van der Waals surface area contributed by atoms with Crippen LogP contribution in [0.5, 0.6) is 0 Å². The molecule has 0 bridgehead atoms. The number of nitrogens with one attached hydrogen (secondary N) is 2. The number of carbonyl (C=O) groups is 4. The fourth-order valence-electron chi connectivity index (χ4n) is 4.55. The number of nitrogens with zero attached hydrogens (tertiary/aromatic N) is 4. The summed E-state index contributed by atoms with van der Waals surface area (Å²) in [6.07, 6.45) is -0.722. The van der Waals surface area contributed by atoms with Crippen LogP contribution in [0.2, 0.25) is 0 Å². The van der Waals surface area contributed by atoms with E-state index in [1.807, 2.05) is 5.01 Å². The van der Waals surface area contributed by atoms with Crippen LogP contribution in [0.4, 0.5) is 10.5 Å². The quantitative estimate of drug-likeness (QED) is 0.112. The maximum Gasteiger partial charge on any atom is 0.410 e. The number of nitro benzene ring substituents is 1. The molecule has 15 nitrogen and oxygen atoms in total. The highest BCUT2D eigenvalue weighted by molar-refractivity contribution is 7.99. The van der Waals surface area contributed by atoms with E-state index in [2.05, 4.69) is 10.6 Å². The molecule has 0 aliphatic carbocycles. The third-order valence-electron chi connectivity index (χ3n) is 6.69. The van der Waals surface area contributed by atoms with Crippen LogP contribution in [0.1, 0.15) is 25.3 Å². The van der Waals surface area contributed by atoms with Crippen molar-refractivity contribution in [3.05, 3.63) is 39.9 Å². The summed E-state index contributed by atoms with van der Waals surface area (Å²) in [5.74, 6) is -0.0765. The fourth-order valence-corrected chi connectivity index (χ4v) is 5.63. The average Bonchev–Trinajstić information content (AvgIpc) is 3.35. The van der Waals surface area contributed by atoms with E-state index in [-0.39, 0.29) is 62.8 Å². The molecule has 2 fully saturated rings. The Morgan fingerprint density at radius 1 is 1.19 bits per heavy atom. The predicted molar refractivity (Wildman–Crippen MR) is 152 cm³/mol. The number of piperazine rings is 1. The molecular formula is C26H38N6O9S. The van der Waals surface area contributed by atoms with Gasteiger partial charge in [-0.15, -0.1) is 0 Å². The highest BCUT2D eigenvalue weighted by atomic mass is 32.2. The van der Waals surface area contributed by atoms with Gasteiger partial charge < -0.3 is 30.1 Å². The zero-order valence-electron chi connectivity index (χ0n) is 23.6. The molecule has 3 amide bonds. The zero-order chi connectivity index (χ0) is 30.5. The molecule has 2 heterocycles. The van der Waals surface area contributed by atoms with Crippen LogP contribution in [-0.2, 0) is 30.5 Å². The SMILES string of the molecule is CC(=O)OCCN(C(=O)CNC(=O)CCSCC1CC(O)CN1C(=O)OCc1ccc([N+](=O)[O-])cc1)N1CCNCC1. The molecule has 2 atom stereocenters. The van der Waals surface area contributed by atoms with Crippen LogP contribution in [0.15, 0.2) is 24.3 Å². The number of carbonyl (C=O) groups excluding carboxylic acids is 4. The van der Waals surface area contributed by atoms with E-state index < -0.39 is 23.1 Å². The minimum Gasteiger partial charge on any atom is -0.464 e. The summed E-state index contributed by atoms with van der Waals surface area (Å²) in [6.45, 7) is 4.13. The van der Waals surface area contributed by atoms with E-state index in [0.717, 1.165) is 0 Å². The highest BCUT2D eigenvalue weighted by Gasteiger charge is 2.35. The second-order valence-corrected chi connectivity index (χ2v) is 11.0. The van der Waals surface area contributed by atoms with Crippen molar-refractivity contribution < 1.29 is 38.7 Å². The van der Waals surface area contributed by atoms with Crippen molar-refractivity contribution in [1.82, 2.24) is 25.6 Å². The first kappa shape index (κ1) is 33.0. The second kappa shape index (κ2) is 16.8. The highest BCUT2D eigenvalue weighted by Crippen LogP contribution is 2.23. The van der Waals surface area contributed by atoms with Gasteiger partial charge in [0.25, 0.3) is 11.6 Å². The van der Waals surface area contributed by atoms with Gasteiger partial charge in [-0.05, 0) is 24.1 Å². The van der Waals surface area contributed by atoms with Crippen molar-refractivity contribution in [1.29, 1.82) is 0 Å². The van der Waals surface area contributed by atoms with Crippen LogP contribution < -0.4 is 10.6 Å². The molecule has 2 saturated heterocycles. The van der Waals surface area contributed by atoms with Gasteiger partial charge >= 0.3 is 12.1 Å². The van der Waals surface area contributed by atoms with Gasteiger partial charge in [-0.2, -0.15) is 11.8 Å². The Kier molecular flexibility index (Phi) is 13.2. The van der Waals surface area contributed by atoms with Crippen molar-refractivity contribution in [3.63, 3.8) is 0 Å². The number of ether oxygens (including phenoxy) is 2. The Morgan fingerprint density at radius 3 is 2.57 bits per heavy atom. The van der Waals surface area contributed by atoms with Gasteiger partial charge in [0.1, 0.15) is 13.2 Å². The molecule has 16 heteroatoms. The molecule has 0 aromatic heterocycles. The van der Waals surface area contributed by atoms with Crippen molar-refractivity contribution in [3.8, 4) is 0 Å². The minimum atomic E-state index is -0.684. The van der Waals surface area contributed by atoms with Crippen molar-refractivity contribution in [2.45, 2.75) is 38.5 Å². The Morgan fingerprint density at radius 2 is 1.90 bits per heavy atom. The number of hydrogen-bond acceptors (Lipinski definition) is 12. The van der Waals surface area contributed by atoms with Gasteiger partial charge in [-0.3, -0.25) is 29.5 Å². The maximum absolute atomic E-state index is 12.8. The van der Waals surface area contributed by atoms with Crippen LogP contribution >= 0.6 is 11.8 Å². The monoisotopic (exact) mass is 610 g/mol. The first-order valence-corrected chi connectivity index (χ1v) is 14.9. The number of benzene rings is 1. The summed E-state index contributed by atoms with van der Waals surface area (Å²) in [4.78, 5) is 60.7. The number of non-ortho nitro benzene ring substituents is 1. The molecule has 232 valence electrons. The fraction of sp³-hybridized carbons (Fsp3) is 0.615. The topological polar surface area (TPSA) is 184 Å². The summed E-state index contributed by atoms with van der Waals surface area (Å²) in [7, 11) is 0. The van der Waals surface area contributed by atoms with Crippen LogP contribution in [-0.4, -0.2) is 125 Å². The van der Waals surface area contributed by atoms with E-state index >= 15 is 0 Å². The van der Waals surface area contributed by atoms with Gasteiger partial charge in [0.05, 0.1) is 30.7 Å². The Hall–Kier alpha value is -3.47. The number of nitro groups is 1. The van der Waals surface area contributed by atoms with Gasteiger partial charge in [-0.1, -0.05) is 0 Å². The number of rotatable bonds is 14. The van der Waals surface area contributed by atoms with E-state index in [0.29, 0.717) is 49.7 Å². The number of amides is 3. The number of aliphatic hydroxyl groups excluding tert-OH is 1. The smallest absolute Gasteiger partial charge is 0.410 e. The summed E-state index contributed by atoms with van der Waals surface area (Å²) >= 11 is 1.45. The molecule has 0 spiro atoms.